The summed E-state index contributed by atoms with van der Waals surface area (Å²) in [7, 11) is 2.50. The second-order valence-electron chi connectivity index (χ2n) is 2.84. The second-order valence-corrected chi connectivity index (χ2v) is 2.84. The topological polar surface area (TPSA) is 72.9 Å². The van der Waals surface area contributed by atoms with Gasteiger partial charge in [-0.25, -0.2) is 0 Å². The van der Waals surface area contributed by atoms with Crippen molar-refractivity contribution in [2.75, 3.05) is 27.3 Å². The predicted molar refractivity (Wildman–Crippen MR) is 50.9 cm³/mol. The molecule has 0 rings (SSSR count). The fourth-order valence-electron chi connectivity index (χ4n) is 0.897. The summed E-state index contributed by atoms with van der Waals surface area (Å²) in [5.41, 5.74) is 0. The number of esters is 2. The molecule has 0 bridgehead atoms. The third kappa shape index (κ3) is 5.66. The maximum absolute atomic E-state index is 11.1. The number of hydrogen-bond donors (Lipinski definition) is 0. The Bertz CT molecular complexity index is 251. The quantitative estimate of drug-likeness (QED) is 0.584. The first-order valence-electron chi connectivity index (χ1n) is 4.40. The third-order valence-corrected chi connectivity index (χ3v) is 1.81. The van der Waals surface area contributed by atoms with E-state index in [1.807, 2.05) is 0 Å². The van der Waals surface area contributed by atoms with Crippen LogP contribution in [0.1, 0.15) is 13.3 Å². The van der Waals surface area contributed by atoms with Crippen molar-refractivity contribution in [1.29, 1.82) is 0 Å². The molecule has 6 nitrogen and oxygen atoms in total. The number of amides is 1. The molecule has 0 N–H and O–H groups in total. The largest absolute Gasteiger partial charge is 0.469 e. The lowest BCUT2D eigenvalue weighted by Gasteiger charge is -2.18. The lowest BCUT2D eigenvalue weighted by molar-refractivity contribution is -0.148. The number of nitrogens with zero attached hydrogens (tertiary/aromatic N) is 1. The first-order chi connectivity index (χ1) is 7.01. The maximum Gasteiger partial charge on any atom is 0.325 e. The van der Waals surface area contributed by atoms with Gasteiger partial charge in [0.1, 0.15) is 6.54 Å². The first kappa shape index (κ1) is 13.4. The Labute approximate surface area is 88.1 Å². The molecule has 0 aliphatic rings. The molecule has 0 saturated carbocycles. The molecule has 15 heavy (non-hydrogen) atoms. The highest BCUT2D eigenvalue weighted by Gasteiger charge is 2.15. The molecule has 0 atom stereocenters. The fourth-order valence-corrected chi connectivity index (χ4v) is 0.897. The number of ether oxygens (including phenoxy) is 2. The molecule has 0 radical (unpaired) electrons. The fraction of sp³-hybridized carbons (Fsp3) is 0.667. The van der Waals surface area contributed by atoms with Gasteiger partial charge in [0.2, 0.25) is 5.91 Å². The second kappa shape index (κ2) is 6.80. The minimum atomic E-state index is -0.518. The van der Waals surface area contributed by atoms with Crippen LogP contribution in [0, 0.1) is 0 Å². The normalized spacial score (nSPS) is 9.27. The Morgan fingerprint density at radius 2 is 1.60 bits per heavy atom. The highest BCUT2D eigenvalue weighted by Crippen LogP contribution is 1.95. The van der Waals surface area contributed by atoms with E-state index in [2.05, 4.69) is 9.47 Å². The summed E-state index contributed by atoms with van der Waals surface area (Å²) in [5, 5.41) is 0. The number of carbonyl (C=O) groups is 3. The van der Waals surface area contributed by atoms with Crippen molar-refractivity contribution in [2.45, 2.75) is 13.3 Å². The zero-order chi connectivity index (χ0) is 11.8. The van der Waals surface area contributed by atoms with Crippen molar-refractivity contribution in [1.82, 2.24) is 4.90 Å². The van der Waals surface area contributed by atoms with E-state index in [0.29, 0.717) is 0 Å². The van der Waals surface area contributed by atoms with Gasteiger partial charge in [0.25, 0.3) is 0 Å². The van der Waals surface area contributed by atoms with Crippen LogP contribution in [0.15, 0.2) is 0 Å². The zero-order valence-electron chi connectivity index (χ0n) is 9.11. The minimum Gasteiger partial charge on any atom is -0.469 e. The van der Waals surface area contributed by atoms with Gasteiger partial charge in [-0.1, -0.05) is 0 Å². The van der Waals surface area contributed by atoms with Crippen molar-refractivity contribution in [3.8, 4) is 0 Å². The summed E-state index contributed by atoms with van der Waals surface area (Å²) in [6.45, 7) is 1.32. The van der Waals surface area contributed by atoms with Gasteiger partial charge in [-0.2, -0.15) is 0 Å². The molecule has 0 aromatic carbocycles. The van der Waals surface area contributed by atoms with E-state index in [0.717, 1.165) is 0 Å². The predicted octanol–water partition coefficient (Wildman–Crippen LogP) is -0.429. The van der Waals surface area contributed by atoms with Crippen LogP contribution in [0.25, 0.3) is 0 Å². The highest BCUT2D eigenvalue weighted by molar-refractivity contribution is 5.81. The van der Waals surface area contributed by atoms with Crippen molar-refractivity contribution in [3.05, 3.63) is 0 Å². The molecule has 1 amide bonds. The van der Waals surface area contributed by atoms with Crippen molar-refractivity contribution >= 4 is 17.8 Å². The van der Waals surface area contributed by atoms with Gasteiger partial charge in [0.15, 0.2) is 0 Å². The van der Waals surface area contributed by atoms with Gasteiger partial charge < -0.3 is 14.4 Å². The van der Waals surface area contributed by atoms with Crippen LogP contribution in [0.2, 0.25) is 0 Å². The molecule has 0 aromatic heterocycles. The van der Waals surface area contributed by atoms with Crippen LogP contribution in [0.5, 0.6) is 0 Å². The van der Waals surface area contributed by atoms with Gasteiger partial charge in [0, 0.05) is 13.5 Å². The Morgan fingerprint density at radius 1 is 1.07 bits per heavy atom. The Hall–Kier alpha value is -1.59. The molecule has 0 aliphatic carbocycles. The van der Waals surface area contributed by atoms with Crippen LogP contribution in [-0.4, -0.2) is 50.1 Å². The average molecular weight is 217 g/mol. The number of methoxy groups -OCH3 is 2. The van der Waals surface area contributed by atoms with Gasteiger partial charge >= 0.3 is 11.9 Å². The van der Waals surface area contributed by atoms with E-state index in [1.165, 1.54) is 26.0 Å². The first-order valence-corrected chi connectivity index (χ1v) is 4.40. The Balaban J connectivity index is 4.11. The van der Waals surface area contributed by atoms with Crippen molar-refractivity contribution in [3.63, 3.8) is 0 Å². The van der Waals surface area contributed by atoms with Crippen molar-refractivity contribution < 1.29 is 23.9 Å². The highest BCUT2D eigenvalue weighted by atomic mass is 16.5. The molecular weight excluding hydrogens is 202 g/mol. The van der Waals surface area contributed by atoms with Gasteiger partial charge in [-0.15, -0.1) is 0 Å². The summed E-state index contributed by atoms with van der Waals surface area (Å²) in [4.78, 5) is 34.0. The number of carbonyl (C=O) groups excluding carboxylic acids is 3. The van der Waals surface area contributed by atoms with Crippen LogP contribution in [0.4, 0.5) is 0 Å². The zero-order valence-corrected chi connectivity index (χ0v) is 9.11. The van der Waals surface area contributed by atoms with Gasteiger partial charge in [-0.05, 0) is 0 Å². The van der Waals surface area contributed by atoms with E-state index < -0.39 is 11.9 Å². The standard InChI is InChI=1S/C9H15NO5/c1-7(11)10(6-9(13)15-3)5-4-8(12)14-2/h4-6H2,1-3H3. The molecule has 0 heterocycles. The van der Waals surface area contributed by atoms with E-state index in [4.69, 9.17) is 0 Å². The molecule has 0 unspecified atom stereocenters. The molecule has 86 valence electrons. The monoisotopic (exact) mass is 217 g/mol. The van der Waals surface area contributed by atoms with Crippen molar-refractivity contribution in [2.24, 2.45) is 0 Å². The summed E-state index contributed by atoms with van der Waals surface area (Å²) >= 11 is 0. The van der Waals surface area contributed by atoms with E-state index >= 15 is 0 Å². The van der Waals surface area contributed by atoms with E-state index in [-0.39, 0.29) is 25.4 Å². The maximum atomic E-state index is 11.1. The van der Waals surface area contributed by atoms with Crippen LogP contribution in [-0.2, 0) is 23.9 Å². The summed E-state index contributed by atoms with van der Waals surface area (Å²) in [5.74, 6) is -1.23. The molecule has 0 aromatic rings. The lowest BCUT2D eigenvalue weighted by Crippen LogP contribution is -2.36. The molecule has 6 heteroatoms. The van der Waals surface area contributed by atoms with E-state index in [1.54, 1.807) is 0 Å². The molecule has 0 fully saturated rings. The number of hydrogen-bond acceptors (Lipinski definition) is 5. The van der Waals surface area contributed by atoms with Gasteiger partial charge in [-0.3, -0.25) is 14.4 Å². The van der Waals surface area contributed by atoms with E-state index in [9.17, 15) is 14.4 Å². The molecule has 0 spiro atoms. The number of rotatable bonds is 5. The lowest BCUT2D eigenvalue weighted by atomic mass is 10.3. The Morgan fingerprint density at radius 3 is 2.00 bits per heavy atom. The van der Waals surface area contributed by atoms with Crippen LogP contribution >= 0.6 is 0 Å². The van der Waals surface area contributed by atoms with Crippen LogP contribution in [0.3, 0.4) is 0 Å². The summed E-state index contributed by atoms with van der Waals surface area (Å²) in [6, 6.07) is 0. The SMILES string of the molecule is COC(=O)CCN(CC(=O)OC)C(C)=O. The summed E-state index contributed by atoms with van der Waals surface area (Å²) in [6.07, 6.45) is 0.0626. The van der Waals surface area contributed by atoms with Gasteiger partial charge in [0.05, 0.1) is 20.6 Å². The third-order valence-electron chi connectivity index (χ3n) is 1.81. The molecule has 0 aliphatic heterocycles. The smallest absolute Gasteiger partial charge is 0.325 e. The Kier molecular flexibility index (Phi) is 6.08. The van der Waals surface area contributed by atoms with Crippen LogP contribution < -0.4 is 0 Å². The molecule has 0 saturated heterocycles. The minimum absolute atomic E-state index is 0.0626. The molecular formula is C9H15NO5. The summed E-state index contributed by atoms with van der Waals surface area (Å²) < 4.78 is 8.83. The average Bonchev–Trinajstić information content (AvgIpc) is 2.22.